The zero-order valence-electron chi connectivity index (χ0n) is 44.1. The van der Waals surface area contributed by atoms with E-state index < -0.39 is 84.6 Å². The van der Waals surface area contributed by atoms with Crippen molar-refractivity contribution in [2.75, 3.05) is 37.8 Å². The first kappa shape index (κ1) is 66.8. The third kappa shape index (κ3) is 27.3. The Bertz CT molecular complexity index is 2150. The number of anilines is 1. The maximum atomic E-state index is 12.7. The Morgan fingerprint density at radius 1 is 0.787 bits per heavy atom. The number of hydrogen-bond donors (Lipinski definition) is 5. The first-order valence-corrected chi connectivity index (χ1v) is 31.8. The summed E-state index contributed by atoms with van der Waals surface area (Å²) in [6.45, 7) is 4.80. The normalized spacial score (nSPS) is 19.3. The number of carbonyl (C=O) groups is 3. The summed E-state index contributed by atoms with van der Waals surface area (Å²) >= 11 is 1.15. The number of fused-ring (bicyclic) bond motifs is 1. The Kier molecular flexibility index (Phi) is 30.8. The molecular formula is C47H82N7O17P3S-4. The van der Waals surface area contributed by atoms with Gasteiger partial charge in [0.25, 0.3) is 15.6 Å². The summed E-state index contributed by atoms with van der Waals surface area (Å²) in [5.74, 6) is -0.286. The molecule has 1 fully saturated rings. The number of imidazole rings is 1. The molecule has 2 aromatic rings. The SMILES string of the molecule is CC(C)CCCCCCCCCCCCCCCCCCCCCCC(=O)SCCNC(=O)CCNC(=O)[C@H](O)C(C)(C)COP(=O)([O-])OP(=O)([O-])OC[C@H]1O[C@@H](n2cnc3c(N)ncnc32)[C@H](O)[C@@H]1OP(=O)([O-])[O-]. The number of hydrogen-bond acceptors (Lipinski definition) is 22. The number of unbranched alkanes of at least 4 members (excludes halogenated alkanes) is 19. The highest BCUT2D eigenvalue weighted by Crippen LogP contribution is 2.56. The molecule has 3 rings (SSSR count). The van der Waals surface area contributed by atoms with Crippen molar-refractivity contribution in [1.82, 2.24) is 30.2 Å². The molecule has 1 aliphatic heterocycles. The summed E-state index contributed by atoms with van der Waals surface area (Å²) in [5.41, 5.74) is 4.10. The molecule has 432 valence electrons. The Balaban J connectivity index is 1.20. The number of nitrogens with one attached hydrogen (secondary N) is 2. The zero-order chi connectivity index (χ0) is 55.5. The standard InChI is InChI=1S/C47H86N7O17P3S/c1-35(2)25-23-21-19-17-15-13-11-9-7-5-6-8-10-12-14-16-18-20-22-24-26-38(56)75-30-29-49-37(55)27-28-50-45(59)42(58)47(3,4)32-68-74(65,66)71-73(63,64)67-31-36-41(70-72(60,61)62)40(57)46(69-36)54-34-53-39-43(48)51-33-52-44(39)54/h33-36,40-42,46,57-58H,5-32H2,1-4H3,(H,49,55)(H,50,59)(H,63,64)(H,65,66)(H2,48,51,52)(H2,60,61,62)/p-4/t36-,40-,41-,42+,46-/m1/s1. The number of phosphoric ester groups is 3. The lowest BCUT2D eigenvalue weighted by Crippen LogP contribution is -2.46. The third-order valence-corrected chi connectivity index (χ3v) is 16.6. The molecule has 2 amide bonds. The zero-order valence-corrected chi connectivity index (χ0v) is 47.6. The van der Waals surface area contributed by atoms with Crippen molar-refractivity contribution >= 4 is 69.1 Å². The van der Waals surface area contributed by atoms with Gasteiger partial charge in [-0.1, -0.05) is 168 Å². The van der Waals surface area contributed by atoms with Crippen LogP contribution < -0.4 is 35.9 Å². The molecule has 0 aromatic carbocycles. The van der Waals surface area contributed by atoms with Gasteiger partial charge >= 0.3 is 0 Å². The quantitative estimate of drug-likeness (QED) is 0.0411. The van der Waals surface area contributed by atoms with Gasteiger partial charge in [0.1, 0.15) is 36.3 Å². The van der Waals surface area contributed by atoms with Gasteiger partial charge in [0, 0.05) is 37.1 Å². The van der Waals surface area contributed by atoms with E-state index in [9.17, 15) is 57.9 Å². The van der Waals surface area contributed by atoms with Gasteiger partial charge in [-0.15, -0.1) is 0 Å². The van der Waals surface area contributed by atoms with Crippen molar-refractivity contribution in [2.24, 2.45) is 11.3 Å². The minimum Gasteiger partial charge on any atom is -0.790 e. The number of amides is 2. The first-order valence-electron chi connectivity index (χ1n) is 26.4. The molecule has 0 aliphatic carbocycles. The van der Waals surface area contributed by atoms with E-state index in [1.54, 1.807) is 0 Å². The number of aliphatic hydroxyl groups is 2. The topological polar surface area (TPSA) is 375 Å². The van der Waals surface area contributed by atoms with Crippen LogP contribution in [0.3, 0.4) is 0 Å². The predicted octanol–water partition coefficient (Wildman–Crippen LogP) is 5.37. The molecule has 1 saturated heterocycles. The number of nitrogen functional groups attached to an aromatic ring is 1. The molecule has 2 unspecified atom stereocenters. The fourth-order valence-electron chi connectivity index (χ4n) is 8.35. The van der Waals surface area contributed by atoms with E-state index in [2.05, 4.69) is 57.3 Å². The van der Waals surface area contributed by atoms with Gasteiger partial charge in [-0.05, 0) is 12.3 Å². The van der Waals surface area contributed by atoms with E-state index in [1.807, 2.05) is 0 Å². The van der Waals surface area contributed by atoms with Gasteiger partial charge in [0.2, 0.25) is 11.8 Å². The summed E-state index contributed by atoms with van der Waals surface area (Å²) in [4.78, 5) is 97.1. The summed E-state index contributed by atoms with van der Waals surface area (Å²) in [5, 5.41) is 26.6. The molecule has 1 aliphatic rings. The van der Waals surface area contributed by atoms with Crippen LogP contribution in [0.1, 0.15) is 182 Å². The molecule has 6 N–H and O–H groups in total. The van der Waals surface area contributed by atoms with Crippen LogP contribution in [0, 0.1) is 11.3 Å². The van der Waals surface area contributed by atoms with Crippen LogP contribution in [0.15, 0.2) is 12.7 Å². The lowest BCUT2D eigenvalue weighted by atomic mass is 9.87. The average molecular weight is 1140 g/mol. The average Bonchev–Trinajstić information content (AvgIpc) is 3.89. The number of aromatic nitrogens is 4. The molecule has 28 heteroatoms. The Hall–Kier alpha value is -2.44. The second-order valence-corrected chi connectivity index (χ2v) is 25.4. The van der Waals surface area contributed by atoms with Gasteiger partial charge in [-0.3, -0.25) is 28.1 Å². The predicted molar refractivity (Wildman–Crippen MR) is 275 cm³/mol. The van der Waals surface area contributed by atoms with Crippen LogP contribution in [0.4, 0.5) is 5.82 Å². The lowest BCUT2D eigenvalue weighted by molar-refractivity contribution is -0.347. The minimum absolute atomic E-state index is 0.0173. The second kappa shape index (κ2) is 34.5. The van der Waals surface area contributed by atoms with Crippen LogP contribution >= 0.6 is 35.2 Å². The van der Waals surface area contributed by atoms with Gasteiger partial charge < -0.3 is 69.0 Å². The maximum Gasteiger partial charge on any atom is 0.274 e. The Morgan fingerprint density at radius 2 is 1.32 bits per heavy atom. The van der Waals surface area contributed by atoms with Crippen LogP contribution in [0.2, 0.25) is 0 Å². The van der Waals surface area contributed by atoms with Crippen molar-refractivity contribution in [3.8, 4) is 0 Å². The third-order valence-electron chi connectivity index (χ3n) is 12.7. The van der Waals surface area contributed by atoms with E-state index in [4.69, 9.17) is 10.5 Å². The number of nitrogens with two attached hydrogens (primary N) is 1. The number of thioether (sulfide) groups is 1. The number of carbonyl (C=O) groups excluding carboxylic acids is 3. The van der Waals surface area contributed by atoms with Crippen molar-refractivity contribution < 1.29 is 80.5 Å². The fourth-order valence-corrected chi connectivity index (χ4v) is 11.8. The molecule has 2 aromatic heterocycles. The summed E-state index contributed by atoms with van der Waals surface area (Å²) in [6, 6.07) is 0. The van der Waals surface area contributed by atoms with E-state index >= 15 is 0 Å². The van der Waals surface area contributed by atoms with Crippen LogP contribution in [-0.2, 0) is 50.7 Å². The highest BCUT2D eigenvalue weighted by atomic mass is 32.2. The van der Waals surface area contributed by atoms with E-state index in [0.717, 1.165) is 54.2 Å². The molecule has 0 radical (unpaired) electrons. The molecule has 75 heavy (non-hydrogen) atoms. The smallest absolute Gasteiger partial charge is 0.274 e. The monoisotopic (exact) mass is 1140 g/mol. The molecule has 7 atom stereocenters. The summed E-state index contributed by atoms with van der Waals surface area (Å²) in [7, 11) is -17.6. The summed E-state index contributed by atoms with van der Waals surface area (Å²) in [6.07, 6.45) is 20.2. The molecule has 0 bridgehead atoms. The highest BCUT2D eigenvalue weighted by Gasteiger charge is 2.47. The van der Waals surface area contributed by atoms with E-state index in [1.165, 1.54) is 129 Å². The van der Waals surface area contributed by atoms with Crippen molar-refractivity contribution in [3.05, 3.63) is 12.7 Å². The van der Waals surface area contributed by atoms with Crippen molar-refractivity contribution in [2.45, 2.75) is 206 Å². The number of rotatable bonds is 42. The van der Waals surface area contributed by atoms with Crippen LogP contribution in [-0.4, -0.2) is 103 Å². The molecular weight excluding hydrogens is 1060 g/mol. The van der Waals surface area contributed by atoms with Gasteiger partial charge in [0.15, 0.2) is 22.8 Å². The molecule has 3 heterocycles. The first-order chi connectivity index (χ1) is 35.4. The van der Waals surface area contributed by atoms with Crippen molar-refractivity contribution in [3.63, 3.8) is 0 Å². The van der Waals surface area contributed by atoms with E-state index in [0.29, 0.717) is 12.2 Å². The Morgan fingerprint density at radius 3 is 1.87 bits per heavy atom. The van der Waals surface area contributed by atoms with E-state index in [-0.39, 0.29) is 41.6 Å². The number of aliphatic hydroxyl groups excluding tert-OH is 2. The number of nitrogens with zero attached hydrogens (tertiary/aromatic N) is 4. The highest BCUT2D eigenvalue weighted by molar-refractivity contribution is 8.13. The molecule has 0 spiro atoms. The second-order valence-electron chi connectivity index (χ2n) is 20.2. The Labute approximate surface area is 446 Å². The lowest BCUT2D eigenvalue weighted by Gasteiger charge is -2.36. The molecule has 0 saturated carbocycles. The van der Waals surface area contributed by atoms with Crippen LogP contribution in [0.25, 0.3) is 11.2 Å². The number of phosphoric acid groups is 3. The van der Waals surface area contributed by atoms with Gasteiger partial charge in [0.05, 0.1) is 27.4 Å². The fraction of sp³-hybridized carbons (Fsp3) is 0.830. The van der Waals surface area contributed by atoms with Gasteiger partial charge in [-0.2, -0.15) is 0 Å². The minimum atomic E-state index is -5.92. The van der Waals surface area contributed by atoms with Gasteiger partial charge in [-0.25, -0.2) is 19.3 Å². The van der Waals surface area contributed by atoms with Crippen LogP contribution in [0.5, 0.6) is 0 Å². The largest absolute Gasteiger partial charge is 0.790 e. The van der Waals surface area contributed by atoms with Crippen molar-refractivity contribution in [1.29, 1.82) is 0 Å². The summed E-state index contributed by atoms with van der Waals surface area (Å²) < 4.78 is 61.0. The molecule has 24 nitrogen and oxygen atoms in total. The number of ether oxygens (including phenoxy) is 1. The maximum absolute atomic E-state index is 12.7.